The molecule has 0 fully saturated rings. The molecule has 0 aliphatic rings. The number of carboxylic acids is 1. The summed E-state index contributed by atoms with van der Waals surface area (Å²) in [6.07, 6.45) is -16.1. The molecule has 0 atom stereocenters. The molecule has 0 saturated carbocycles. The Labute approximate surface area is 242 Å². The molecule has 0 aliphatic heterocycles. The minimum atomic E-state index is -5.84. The maximum atomic E-state index is 13.3. The maximum absolute atomic E-state index is 13.3. The van der Waals surface area contributed by atoms with Gasteiger partial charge in [0.1, 0.15) is 17.0 Å². The third-order valence-corrected chi connectivity index (χ3v) is 6.40. The first-order valence-corrected chi connectivity index (χ1v) is 11.4. The fraction of sp³-hybridized carbons (Fsp3) is 0.136. The Morgan fingerprint density at radius 2 is 1.25 bits per heavy atom. The normalized spacial score (nSPS) is 12.4. The van der Waals surface area contributed by atoms with Gasteiger partial charge in [-0.1, -0.05) is 12.1 Å². The van der Waals surface area contributed by atoms with Crippen molar-refractivity contribution in [2.75, 3.05) is 4.47 Å². The van der Waals surface area contributed by atoms with Gasteiger partial charge < -0.3 is 11.3 Å². The van der Waals surface area contributed by atoms with E-state index in [2.05, 4.69) is 0 Å². The van der Waals surface area contributed by atoms with Gasteiger partial charge in [-0.2, -0.15) is 47.9 Å². The minimum Gasteiger partial charge on any atom is -1.00 e. The van der Waals surface area contributed by atoms with Crippen LogP contribution in [0.1, 0.15) is 28.5 Å². The van der Waals surface area contributed by atoms with E-state index in [0.717, 1.165) is 12.1 Å². The van der Waals surface area contributed by atoms with Gasteiger partial charge in [0.25, 0.3) is 10.0 Å². The summed E-state index contributed by atoms with van der Waals surface area (Å²) in [5.74, 6) is -3.10. The van der Waals surface area contributed by atoms with Crippen LogP contribution in [0.2, 0.25) is 0 Å². The number of ether oxygens (including phenoxy) is 1. The second kappa shape index (κ2) is 11.5. The standard InChI is InChI=1S/C22H12F9NO6S.Na.H/c23-20(24,25)11-5-6-18(38-17-4-2-1-3-15(17)19(33)34)16(10-11)32(35)39(36,37)14-8-12(21(26,27)28)7-13(9-14)22(29,30)31;;/h1-10,35H,(H,33,34);;/q;+1;-1. The Balaban J connectivity index is 0.00000420. The smallest absolute Gasteiger partial charge is 1.00 e. The topological polar surface area (TPSA) is 104 Å². The zero-order valence-electron chi connectivity index (χ0n) is 20.6. The molecule has 40 heavy (non-hydrogen) atoms. The van der Waals surface area contributed by atoms with E-state index in [9.17, 15) is 63.0 Å². The van der Waals surface area contributed by atoms with E-state index >= 15 is 0 Å². The fourth-order valence-electron chi connectivity index (χ4n) is 3.08. The molecule has 2 N–H and O–H groups in total. The summed E-state index contributed by atoms with van der Waals surface area (Å²) in [6.45, 7) is 0. The summed E-state index contributed by atoms with van der Waals surface area (Å²) in [5, 5.41) is 19.7. The average molecular weight is 613 g/mol. The zero-order chi connectivity index (χ0) is 29.6. The van der Waals surface area contributed by atoms with Gasteiger partial charge in [-0.3, -0.25) is 5.21 Å². The number of carbonyl (C=O) groups is 1. The van der Waals surface area contributed by atoms with Crippen molar-refractivity contribution in [2.45, 2.75) is 23.4 Å². The molecule has 7 nitrogen and oxygen atoms in total. The first-order valence-electron chi connectivity index (χ1n) is 9.98. The van der Waals surface area contributed by atoms with E-state index in [4.69, 9.17) is 4.74 Å². The first-order chi connectivity index (χ1) is 17.7. The third kappa shape index (κ3) is 7.20. The van der Waals surface area contributed by atoms with Crippen LogP contribution in [0.4, 0.5) is 45.2 Å². The number of hydrogen-bond acceptors (Lipinski definition) is 5. The predicted molar refractivity (Wildman–Crippen MR) is 114 cm³/mol. The molecule has 0 amide bonds. The molecular formula is C22H13F9NNaO6S. The summed E-state index contributed by atoms with van der Waals surface area (Å²) >= 11 is 0. The summed E-state index contributed by atoms with van der Waals surface area (Å²) in [4.78, 5) is 9.64. The summed E-state index contributed by atoms with van der Waals surface area (Å²) in [5.41, 5.74) is -7.74. The first kappa shape index (κ1) is 33.2. The zero-order valence-corrected chi connectivity index (χ0v) is 22.4. The number of para-hydroxylation sites is 1. The van der Waals surface area contributed by atoms with E-state index in [1.807, 2.05) is 0 Å². The Bertz CT molecular complexity index is 1500. The van der Waals surface area contributed by atoms with E-state index in [0.29, 0.717) is 12.1 Å². The van der Waals surface area contributed by atoms with Crippen LogP contribution in [0, 0.1) is 0 Å². The Hall–Kier alpha value is -2.99. The monoisotopic (exact) mass is 613 g/mol. The second-order valence-electron chi connectivity index (χ2n) is 7.57. The number of carboxylic acid groups (broad SMARTS) is 1. The van der Waals surface area contributed by atoms with Crippen molar-refractivity contribution in [1.82, 2.24) is 0 Å². The Kier molecular flexibility index (Phi) is 9.53. The number of aromatic carboxylic acids is 1. The largest absolute Gasteiger partial charge is 1.00 e. The van der Waals surface area contributed by atoms with Crippen molar-refractivity contribution in [3.8, 4) is 11.5 Å². The number of halogens is 9. The number of sulfonamides is 1. The second-order valence-corrected chi connectivity index (χ2v) is 9.34. The van der Waals surface area contributed by atoms with Gasteiger partial charge in [0.2, 0.25) is 0 Å². The Morgan fingerprint density at radius 1 is 0.750 bits per heavy atom. The van der Waals surface area contributed by atoms with Gasteiger partial charge in [-0.15, -0.1) is 4.47 Å². The third-order valence-electron chi connectivity index (χ3n) is 4.92. The molecule has 212 valence electrons. The van der Waals surface area contributed by atoms with E-state index in [1.165, 1.54) is 12.1 Å². The van der Waals surface area contributed by atoms with Crippen molar-refractivity contribution >= 4 is 21.7 Å². The molecular weight excluding hydrogens is 600 g/mol. The van der Waals surface area contributed by atoms with Gasteiger partial charge in [0.05, 0.1) is 21.6 Å². The molecule has 0 aromatic heterocycles. The van der Waals surface area contributed by atoms with Gasteiger partial charge >= 0.3 is 54.1 Å². The summed E-state index contributed by atoms with van der Waals surface area (Å²) in [7, 11) is -5.84. The number of anilines is 1. The van der Waals surface area contributed by atoms with Crippen LogP contribution in [0.15, 0.2) is 65.6 Å². The minimum absolute atomic E-state index is 0. The summed E-state index contributed by atoms with van der Waals surface area (Å²) < 4.78 is 149. The molecule has 0 spiro atoms. The molecule has 0 radical (unpaired) electrons. The van der Waals surface area contributed by atoms with E-state index in [1.54, 1.807) is 0 Å². The molecule has 0 bridgehead atoms. The van der Waals surface area contributed by atoms with Gasteiger partial charge in [0, 0.05) is 0 Å². The molecule has 18 heteroatoms. The number of hydrogen-bond donors (Lipinski definition) is 2. The maximum Gasteiger partial charge on any atom is 1.00 e. The van der Waals surface area contributed by atoms with Gasteiger partial charge in [-0.25, -0.2) is 4.79 Å². The van der Waals surface area contributed by atoms with Crippen LogP contribution in [0.25, 0.3) is 0 Å². The quantitative estimate of drug-likeness (QED) is 0.248. The van der Waals surface area contributed by atoms with Crippen molar-refractivity contribution in [1.29, 1.82) is 0 Å². The van der Waals surface area contributed by atoms with Crippen molar-refractivity contribution in [2.24, 2.45) is 0 Å². The van der Waals surface area contributed by atoms with Crippen LogP contribution in [-0.4, -0.2) is 24.7 Å². The van der Waals surface area contributed by atoms with Gasteiger partial charge in [0.15, 0.2) is 5.75 Å². The fourth-order valence-corrected chi connectivity index (χ4v) is 4.24. The number of benzene rings is 3. The molecule has 0 aliphatic carbocycles. The molecule has 0 saturated heterocycles. The van der Waals surface area contributed by atoms with Crippen molar-refractivity contribution < 1.29 is 98.8 Å². The summed E-state index contributed by atoms with van der Waals surface area (Å²) in [6, 6.07) is 4.32. The Morgan fingerprint density at radius 3 is 1.73 bits per heavy atom. The molecule has 0 unspecified atom stereocenters. The van der Waals surface area contributed by atoms with Crippen LogP contribution in [0.3, 0.4) is 0 Å². The SMILES string of the molecule is O=C(O)c1ccccc1Oc1ccc(C(F)(F)F)cc1N(O)S(=O)(=O)c1cc(C(F)(F)F)cc(C(F)(F)F)c1.[H-].[Na+]. The number of nitrogens with zero attached hydrogens (tertiary/aromatic N) is 1. The molecule has 0 heterocycles. The van der Waals surface area contributed by atoms with Crippen LogP contribution in [0.5, 0.6) is 11.5 Å². The van der Waals surface area contributed by atoms with E-state index < -0.39 is 89.4 Å². The van der Waals surface area contributed by atoms with Gasteiger partial charge in [-0.05, 0) is 48.5 Å². The van der Waals surface area contributed by atoms with Crippen molar-refractivity contribution in [3.63, 3.8) is 0 Å². The average Bonchev–Trinajstić information content (AvgIpc) is 2.82. The predicted octanol–water partition coefficient (Wildman–Crippen LogP) is 3.93. The van der Waals surface area contributed by atoms with Crippen LogP contribution in [-0.2, 0) is 28.6 Å². The van der Waals surface area contributed by atoms with Crippen molar-refractivity contribution in [3.05, 3.63) is 82.9 Å². The molecule has 3 aromatic rings. The van der Waals surface area contributed by atoms with Crippen LogP contribution < -0.4 is 38.8 Å². The molecule has 3 rings (SSSR count). The number of rotatable bonds is 6. The van der Waals surface area contributed by atoms with Crippen LogP contribution >= 0.6 is 0 Å². The molecule has 3 aromatic carbocycles. The van der Waals surface area contributed by atoms with E-state index in [-0.39, 0.29) is 49.2 Å². The number of alkyl halides is 9.